The molecule has 2 N–H and O–H groups in total. The molecule has 0 bridgehead atoms. The molecule has 0 aliphatic heterocycles. The highest BCUT2D eigenvalue weighted by molar-refractivity contribution is 7.84. The number of rotatable bonds is 2. The maximum atomic E-state index is 12.6. The second-order valence-corrected chi connectivity index (χ2v) is 9.78. The minimum atomic E-state index is -3.99. The van der Waals surface area contributed by atoms with Crippen molar-refractivity contribution in [3.05, 3.63) is 29.3 Å². The van der Waals surface area contributed by atoms with Crippen LogP contribution in [-0.2, 0) is 21.5 Å². The third kappa shape index (κ3) is 1.98. The molecular formula is C19H23NO4S. The van der Waals surface area contributed by atoms with Gasteiger partial charge in [-0.3, -0.25) is 4.79 Å². The first-order valence-electron chi connectivity index (χ1n) is 9.13. The van der Waals surface area contributed by atoms with E-state index in [9.17, 15) is 13.2 Å². The van der Waals surface area contributed by atoms with Crippen molar-refractivity contribution in [3.63, 3.8) is 0 Å². The van der Waals surface area contributed by atoms with Crippen molar-refractivity contribution >= 4 is 16.1 Å². The number of ketones is 1. The molecule has 3 fully saturated rings. The molecule has 0 amide bonds. The van der Waals surface area contributed by atoms with Gasteiger partial charge in [0, 0.05) is 11.8 Å². The second-order valence-electron chi connectivity index (χ2n) is 8.63. The van der Waals surface area contributed by atoms with Crippen molar-refractivity contribution in [1.82, 2.24) is 0 Å². The van der Waals surface area contributed by atoms with Crippen LogP contribution in [0, 0.1) is 22.7 Å². The molecule has 0 radical (unpaired) electrons. The Morgan fingerprint density at radius 2 is 2.08 bits per heavy atom. The van der Waals surface area contributed by atoms with Crippen LogP contribution in [0.15, 0.2) is 18.2 Å². The van der Waals surface area contributed by atoms with E-state index in [1.54, 1.807) is 6.07 Å². The van der Waals surface area contributed by atoms with Gasteiger partial charge in [0.2, 0.25) is 0 Å². The van der Waals surface area contributed by atoms with Crippen molar-refractivity contribution in [1.29, 1.82) is 0 Å². The lowest BCUT2D eigenvalue weighted by molar-refractivity contribution is -0.132. The topological polar surface area (TPSA) is 86.5 Å². The van der Waals surface area contributed by atoms with Crippen LogP contribution in [0.25, 0.3) is 0 Å². The molecule has 1 aromatic carbocycles. The third-order valence-electron chi connectivity index (χ3n) is 7.78. The van der Waals surface area contributed by atoms with Crippen LogP contribution in [-0.4, -0.2) is 14.2 Å². The largest absolute Gasteiger partial charge is 0.380 e. The fraction of sp³-hybridized carbons (Fsp3) is 0.632. The van der Waals surface area contributed by atoms with Gasteiger partial charge in [0.25, 0.3) is 0 Å². The van der Waals surface area contributed by atoms with Crippen LogP contribution >= 0.6 is 0 Å². The SMILES string of the molecule is C[C@]12CC[C@@H]3c4ccc(OS(N)(=O)=O)cc4CC[C@H]3[C@@]13C[C@H]3CC2=O. The first kappa shape index (κ1) is 15.8. The van der Waals surface area contributed by atoms with Crippen LogP contribution < -0.4 is 9.32 Å². The molecule has 6 heteroatoms. The Balaban J connectivity index is 1.51. The van der Waals surface area contributed by atoms with Gasteiger partial charge in [0.05, 0.1) is 0 Å². The van der Waals surface area contributed by atoms with E-state index in [1.165, 1.54) is 17.5 Å². The fourth-order valence-electron chi connectivity index (χ4n) is 6.72. The maximum Gasteiger partial charge on any atom is 0.380 e. The zero-order chi connectivity index (χ0) is 17.6. The summed E-state index contributed by atoms with van der Waals surface area (Å²) in [6.07, 6.45) is 6.03. The normalized spacial score (nSPS) is 41.4. The minimum absolute atomic E-state index is 0.104. The van der Waals surface area contributed by atoms with Crippen LogP contribution in [0.3, 0.4) is 0 Å². The molecule has 4 aliphatic rings. The Kier molecular flexibility index (Phi) is 2.95. The zero-order valence-corrected chi connectivity index (χ0v) is 15.1. The average Bonchev–Trinajstić information content (AvgIpc) is 3.18. The number of benzene rings is 1. The standard InChI is InChI=1S/C19H23NO4S/c1-18-7-6-15-14-4-3-13(24-25(20,22)23)8-11(14)2-5-16(15)19(18)10-12(19)9-17(18)21/h3-4,8,12,15-16H,2,5-7,9-10H2,1H3,(H2,20,22,23)/t12-,15-,16-,18-,19+/m1/s1. The maximum absolute atomic E-state index is 12.6. The van der Waals surface area contributed by atoms with Gasteiger partial charge < -0.3 is 4.18 Å². The van der Waals surface area contributed by atoms with Gasteiger partial charge in [-0.2, -0.15) is 13.6 Å². The minimum Gasteiger partial charge on any atom is -0.371 e. The lowest BCUT2D eigenvalue weighted by atomic mass is 9.52. The van der Waals surface area contributed by atoms with Gasteiger partial charge in [-0.1, -0.05) is 13.0 Å². The number of carbonyl (C=O) groups excluding carboxylic acids is 1. The van der Waals surface area contributed by atoms with Crippen LogP contribution in [0.2, 0.25) is 0 Å². The van der Waals surface area contributed by atoms with Crippen LogP contribution in [0.1, 0.15) is 56.1 Å². The first-order chi connectivity index (χ1) is 11.7. The molecule has 5 rings (SSSR count). The number of Topliss-reactive ketones (excluding diaryl/α,β-unsaturated/α-hetero) is 1. The van der Waals surface area contributed by atoms with Crippen molar-refractivity contribution in [2.24, 2.45) is 27.8 Å². The van der Waals surface area contributed by atoms with Crippen molar-refractivity contribution in [2.45, 2.75) is 51.4 Å². The van der Waals surface area contributed by atoms with E-state index in [0.717, 1.165) is 32.1 Å². The number of hydrogen-bond donors (Lipinski definition) is 1. The second kappa shape index (κ2) is 4.65. The Bertz CT molecular complexity index is 895. The van der Waals surface area contributed by atoms with Gasteiger partial charge >= 0.3 is 10.3 Å². The van der Waals surface area contributed by atoms with Gasteiger partial charge in [0.15, 0.2) is 0 Å². The number of nitrogens with two attached hydrogens (primary N) is 1. The number of fused-ring (bicyclic) bond motifs is 3. The summed E-state index contributed by atoms with van der Waals surface area (Å²) in [5.41, 5.74) is 2.62. The van der Waals surface area contributed by atoms with E-state index in [-0.39, 0.29) is 10.8 Å². The van der Waals surface area contributed by atoms with Crippen LogP contribution in [0.5, 0.6) is 5.75 Å². The van der Waals surface area contributed by atoms with Gasteiger partial charge in [-0.05, 0) is 78.5 Å². The predicted molar refractivity (Wildman–Crippen MR) is 92.2 cm³/mol. The summed E-state index contributed by atoms with van der Waals surface area (Å²) >= 11 is 0. The molecule has 0 unspecified atom stereocenters. The number of hydrogen-bond acceptors (Lipinski definition) is 4. The Labute approximate surface area is 148 Å². The van der Waals surface area contributed by atoms with Gasteiger partial charge in [-0.25, -0.2) is 0 Å². The smallest absolute Gasteiger partial charge is 0.371 e. The molecule has 3 saturated carbocycles. The molecule has 0 heterocycles. The first-order valence-corrected chi connectivity index (χ1v) is 10.6. The lowest BCUT2D eigenvalue weighted by Gasteiger charge is -2.50. The highest BCUT2D eigenvalue weighted by atomic mass is 32.2. The summed E-state index contributed by atoms with van der Waals surface area (Å²) in [6, 6.07) is 5.55. The molecular weight excluding hydrogens is 338 g/mol. The lowest BCUT2D eigenvalue weighted by Crippen LogP contribution is -2.46. The highest BCUT2D eigenvalue weighted by Gasteiger charge is 2.76. The average molecular weight is 361 g/mol. The highest BCUT2D eigenvalue weighted by Crippen LogP contribution is 2.80. The van der Waals surface area contributed by atoms with Gasteiger partial charge in [-0.15, -0.1) is 0 Å². The molecule has 134 valence electrons. The van der Waals surface area contributed by atoms with Crippen LogP contribution in [0.4, 0.5) is 0 Å². The Morgan fingerprint density at radius 3 is 2.84 bits per heavy atom. The third-order valence-corrected chi connectivity index (χ3v) is 8.21. The molecule has 5 nitrogen and oxygen atoms in total. The van der Waals surface area contributed by atoms with Crippen molar-refractivity contribution in [3.8, 4) is 5.75 Å². The molecule has 1 aromatic rings. The van der Waals surface area contributed by atoms with E-state index in [2.05, 4.69) is 6.92 Å². The summed E-state index contributed by atoms with van der Waals surface area (Å²) in [4.78, 5) is 12.6. The molecule has 25 heavy (non-hydrogen) atoms. The monoisotopic (exact) mass is 361 g/mol. The van der Waals surface area contributed by atoms with E-state index >= 15 is 0 Å². The Hall–Kier alpha value is -1.40. The molecule has 0 saturated heterocycles. The van der Waals surface area contributed by atoms with E-state index in [4.69, 9.17) is 9.32 Å². The van der Waals surface area contributed by atoms with Crippen molar-refractivity contribution in [2.75, 3.05) is 0 Å². The molecule has 0 aromatic heterocycles. The zero-order valence-electron chi connectivity index (χ0n) is 14.3. The summed E-state index contributed by atoms with van der Waals surface area (Å²) in [6.45, 7) is 2.22. The van der Waals surface area contributed by atoms with E-state index in [1.807, 2.05) is 12.1 Å². The van der Waals surface area contributed by atoms with Crippen molar-refractivity contribution < 1.29 is 17.4 Å². The fourth-order valence-corrected chi connectivity index (χ4v) is 7.09. The predicted octanol–water partition coefficient (Wildman–Crippen LogP) is 2.69. The summed E-state index contributed by atoms with van der Waals surface area (Å²) < 4.78 is 27.2. The number of aryl methyl sites for hydroxylation is 1. The van der Waals surface area contributed by atoms with Gasteiger partial charge in [0.1, 0.15) is 11.5 Å². The van der Waals surface area contributed by atoms with E-state index < -0.39 is 10.3 Å². The summed E-state index contributed by atoms with van der Waals surface area (Å²) in [5, 5.41) is 4.98. The summed E-state index contributed by atoms with van der Waals surface area (Å²) in [5.74, 6) is 2.45. The molecule has 4 aliphatic carbocycles. The molecule has 5 atom stereocenters. The summed E-state index contributed by atoms with van der Waals surface area (Å²) in [7, 11) is -3.99. The number of carbonyl (C=O) groups is 1. The molecule has 1 spiro atoms. The quantitative estimate of drug-likeness (QED) is 0.877. The Morgan fingerprint density at radius 1 is 1.28 bits per heavy atom. The van der Waals surface area contributed by atoms with E-state index in [0.29, 0.717) is 29.3 Å².